The van der Waals surface area contributed by atoms with Gasteiger partial charge >= 0.3 is 0 Å². The Bertz CT molecular complexity index is 123. The van der Waals surface area contributed by atoms with Gasteiger partial charge in [0, 0.05) is 12.3 Å². The van der Waals surface area contributed by atoms with Gasteiger partial charge in [-0.2, -0.15) is 0 Å². The lowest BCUT2D eigenvalue weighted by Gasteiger charge is -2.01. The Morgan fingerprint density at radius 3 is 2.60 bits per heavy atom. The van der Waals surface area contributed by atoms with E-state index in [1.807, 2.05) is 13.2 Å². The molecule has 3 heteroatoms. The highest BCUT2D eigenvalue weighted by Gasteiger charge is 2.06. The highest BCUT2D eigenvalue weighted by Crippen LogP contribution is 2.06. The van der Waals surface area contributed by atoms with Crippen molar-refractivity contribution in [3.8, 4) is 0 Å². The first kappa shape index (κ1) is 9.14. The third-order valence-electron chi connectivity index (χ3n) is 1.40. The molecule has 57 valence electrons. The van der Waals surface area contributed by atoms with Gasteiger partial charge in [-0.25, -0.2) is 0 Å². The van der Waals surface area contributed by atoms with E-state index >= 15 is 0 Å². The van der Waals surface area contributed by atoms with E-state index < -0.39 is 0 Å². The second kappa shape index (κ2) is 4.97. The van der Waals surface area contributed by atoms with Crippen molar-refractivity contribution in [3.05, 3.63) is 0 Å². The van der Waals surface area contributed by atoms with Gasteiger partial charge in [0.2, 0.25) is 12.2 Å². The Kier molecular flexibility index (Phi) is 4.54. The lowest BCUT2D eigenvalue weighted by atomic mass is 10.0. The highest BCUT2D eigenvalue weighted by molar-refractivity contribution is 5.74. The topological polar surface area (TPSA) is 60.2 Å². The molecule has 0 fully saturated rings. The Labute approximate surface area is 60.6 Å². The first-order chi connectivity index (χ1) is 4.70. The Balaban J connectivity index is 3.44. The summed E-state index contributed by atoms with van der Waals surface area (Å²) in [6, 6.07) is 0. The number of hydrogen-bond donors (Lipinski definition) is 1. The Morgan fingerprint density at radius 2 is 2.30 bits per heavy atom. The molecular weight excluding hydrogens is 130 g/mol. The summed E-state index contributed by atoms with van der Waals surface area (Å²) in [5.74, 6) is -0.471. The van der Waals surface area contributed by atoms with Crippen molar-refractivity contribution < 1.29 is 9.59 Å². The molecular formula is C7H12NO2. The third-order valence-corrected chi connectivity index (χ3v) is 1.40. The maximum absolute atomic E-state index is 10.2. The molecule has 0 aliphatic rings. The molecule has 0 spiro atoms. The summed E-state index contributed by atoms with van der Waals surface area (Å²) >= 11 is 0. The normalized spacial score (nSPS) is 12.5. The summed E-state index contributed by atoms with van der Waals surface area (Å²) in [4.78, 5) is 20.3. The molecule has 1 radical (unpaired) electrons. The molecule has 0 aromatic heterocycles. The number of hydrogen-bond acceptors (Lipinski definition) is 2. The summed E-state index contributed by atoms with van der Waals surface area (Å²) in [7, 11) is 0. The average Bonchev–Trinajstić information content (AvgIpc) is 1.90. The Morgan fingerprint density at radius 1 is 1.70 bits per heavy atom. The lowest BCUT2D eigenvalue weighted by Crippen LogP contribution is -2.12. The van der Waals surface area contributed by atoms with Crippen molar-refractivity contribution in [2.75, 3.05) is 0 Å². The molecule has 1 amide bonds. The van der Waals surface area contributed by atoms with Crippen LogP contribution in [0.25, 0.3) is 0 Å². The number of primary amides is 1. The molecule has 0 aromatic carbocycles. The van der Waals surface area contributed by atoms with Crippen LogP contribution in [-0.4, -0.2) is 12.2 Å². The van der Waals surface area contributed by atoms with E-state index in [9.17, 15) is 9.59 Å². The van der Waals surface area contributed by atoms with Gasteiger partial charge in [-0.05, 0) is 12.8 Å². The lowest BCUT2D eigenvalue weighted by molar-refractivity contribution is -0.118. The number of carbonyl (C=O) groups excluding carboxylic acids is 2. The molecule has 0 aliphatic carbocycles. The minimum absolute atomic E-state index is 0.118. The first-order valence-electron chi connectivity index (χ1n) is 3.36. The molecule has 0 heterocycles. The van der Waals surface area contributed by atoms with Crippen molar-refractivity contribution >= 4 is 12.2 Å². The second-order valence-electron chi connectivity index (χ2n) is 2.23. The first-order valence-corrected chi connectivity index (χ1v) is 3.36. The van der Waals surface area contributed by atoms with Crippen LogP contribution >= 0.6 is 0 Å². The van der Waals surface area contributed by atoms with Gasteiger partial charge in [-0.1, -0.05) is 6.92 Å². The second-order valence-corrected chi connectivity index (χ2v) is 2.23. The standard InChI is InChI=1S/C7H12NO2/c1-2-6(5-9)3-4-7(8)10/h6H,2-4H2,1H3,(H2,8,10). The van der Waals surface area contributed by atoms with E-state index in [4.69, 9.17) is 5.73 Å². The molecule has 0 aliphatic heterocycles. The van der Waals surface area contributed by atoms with Crippen molar-refractivity contribution in [3.63, 3.8) is 0 Å². The van der Waals surface area contributed by atoms with Crippen LogP contribution in [0.2, 0.25) is 0 Å². The van der Waals surface area contributed by atoms with E-state index in [1.165, 1.54) is 0 Å². The third kappa shape index (κ3) is 4.06. The van der Waals surface area contributed by atoms with Crippen molar-refractivity contribution in [2.45, 2.75) is 26.2 Å². The van der Waals surface area contributed by atoms with E-state index in [-0.39, 0.29) is 18.2 Å². The zero-order valence-corrected chi connectivity index (χ0v) is 6.09. The summed E-state index contributed by atoms with van der Waals surface area (Å²) < 4.78 is 0. The summed E-state index contributed by atoms with van der Waals surface area (Å²) in [5.41, 5.74) is 4.88. The SMILES string of the molecule is CCC([C]=O)CCC(N)=O. The summed E-state index contributed by atoms with van der Waals surface area (Å²) in [5, 5.41) is 0. The summed E-state index contributed by atoms with van der Waals surface area (Å²) in [6.07, 6.45) is 3.40. The fourth-order valence-corrected chi connectivity index (χ4v) is 0.663. The van der Waals surface area contributed by atoms with Crippen molar-refractivity contribution in [1.29, 1.82) is 0 Å². The largest absolute Gasteiger partial charge is 0.370 e. The maximum Gasteiger partial charge on any atom is 0.217 e. The molecule has 1 atom stereocenters. The van der Waals surface area contributed by atoms with Gasteiger partial charge in [0.25, 0.3) is 0 Å². The minimum Gasteiger partial charge on any atom is -0.370 e. The van der Waals surface area contributed by atoms with E-state index in [2.05, 4.69) is 0 Å². The molecule has 0 aromatic rings. The van der Waals surface area contributed by atoms with Crippen LogP contribution in [0.15, 0.2) is 0 Å². The monoisotopic (exact) mass is 142 g/mol. The molecule has 1 unspecified atom stereocenters. The Hall–Kier alpha value is -0.860. The molecule has 3 nitrogen and oxygen atoms in total. The highest BCUT2D eigenvalue weighted by atomic mass is 16.1. The van der Waals surface area contributed by atoms with Crippen LogP contribution < -0.4 is 5.73 Å². The molecule has 2 N–H and O–H groups in total. The van der Waals surface area contributed by atoms with E-state index in [0.29, 0.717) is 6.42 Å². The molecule has 0 saturated heterocycles. The molecule has 10 heavy (non-hydrogen) atoms. The maximum atomic E-state index is 10.2. The summed E-state index contributed by atoms with van der Waals surface area (Å²) in [6.45, 7) is 1.89. The molecule has 0 rings (SSSR count). The van der Waals surface area contributed by atoms with Crippen molar-refractivity contribution in [1.82, 2.24) is 0 Å². The van der Waals surface area contributed by atoms with Gasteiger partial charge in [0.15, 0.2) is 0 Å². The fourth-order valence-electron chi connectivity index (χ4n) is 0.663. The van der Waals surface area contributed by atoms with Crippen LogP contribution in [0, 0.1) is 5.92 Å². The number of rotatable bonds is 5. The zero-order chi connectivity index (χ0) is 7.98. The fraction of sp³-hybridized carbons (Fsp3) is 0.714. The molecule has 0 bridgehead atoms. The predicted octanol–water partition coefficient (Wildman–Crippen LogP) is 0.388. The van der Waals surface area contributed by atoms with Crippen molar-refractivity contribution in [2.24, 2.45) is 11.7 Å². The van der Waals surface area contributed by atoms with E-state index in [1.54, 1.807) is 0 Å². The minimum atomic E-state index is -0.353. The number of amides is 1. The van der Waals surface area contributed by atoms with Gasteiger partial charge in [0.1, 0.15) is 0 Å². The van der Waals surface area contributed by atoms with Gasteiger partial charge in [0.05, 0.1) is 0 Å². The van der Waals surface area contributed by atoms with Crippen LogP contribution in [0.4, 0.5) is 0 Å². The van der Waals surface area contributed by atoms with Crippen LogP contribution in [0.1, 0.15) is 26.2 Å². The van der Waals surface area contributed by atoms with Gasteiger partial charge < -0.3 is 5.73 Å². The number of nitrogens with two attached hydrogens (primary N) is 1. The van der Waals surface area contributed by atoms with Gasteiger partial charge in [-0.15, -0.1) is 0 Å². The van der Waals surface area contributed by atoms with Crippen LogP contribution in [-0.2, 0) is 9.59 Å². The van der Waals surface area contributed by atoms with Gasteiger partial charge in [-0.3, -0.25) is 9.59 Å². The van der Waals surface area contributed by atoms with E-state index in [0.717, 1.165) is 6.42 Å². The molecule has 0 saturated carbocycles. The quantitative estimate of drug-likeness (QED) is 0.603. The zero-order valence-electron chi connectivity index (χ0n) is 6.09. The van der Waals surface area contributed by atoms with Crippen LogP contribution in [0.5, 0.6) is 0 Å². The van der Waals surface area contributed by atoms with Crippen LogP contribution in [0.3, 0.4) is 0 Å². The smallest absolute Gasteiger partial charge is 0.217 e. The average molecular weight is 142 g/mol. The number of carbonyl (C=O) groups is 1. The predicted molar refractivity (Wildman–Crippen MR) is 37.9 cm³/mol.